The Morgan fingerprint density at radius 2 is 2.20 bits per heavy atom. The topological polar surface area (TPSA) is 77.5 Å². The van der Waals surface area contributed by atoms with E-state index >= 15 is 0 Å². The number of nitrogens with two attached hydrogens (primary N) is 1. The molecule has 5 nitrogen and oxygen atoms in total. The molecule has 1 amide bonds. The molecule has 0 aromatic carbocycles. The van der Waals surface area contributed by atoms with Crippen LogP contribution in [0.25, 0.3) is 5.65 Å². The maximum Gasteiger partial charge on any atom is 0.270 e. The largest absolute Gasteiger partial charge is 0.365 e. The average molecular weight is 203 g/mol. The van der Waals surface area contributed by atoms with Gasteiger partial charge in [0, 0.05) is 12.4 Å². The molecule has 0 saturated carbocycles. The quantitative estimate of drug-likeness (QED) is 0.714. The lowest BCUT2D eigenvalue weighted by Crippen LogP contribution is -2.27. The highest BCUT2D eigenvalue weighted by atomic mass is 16.2. The molecular formula is C10H9N3O2. The number of primary amides is 1. The van der Waals surface area contributed by atoms with Crippen molar-refractivity contribution in [1.29, 1.82) is 0 Å². The van der Waals surface area contributed by atoms with E-state index in [0.29, 0.717) is 5.65 Å². The van der Waals surface area contributed by atoms with Gasteiger partial charge in [0.2, 0.25) is 0 Å². The molecule has 2 aromatic rings. The van der Waals surface area contributed by atoms with Gasteiger partial charge in [-0.15, -0.1) is 0 Å². The van der Waals surface area contributed by atoms with Gasteiger partial charge in [0.05, 0.1) is 0 Å². The normalized spacial score (nSPS) is 10.5. The minimum Gasteiger partial charge on any atom is -0.365 e. The Balaban J connectivity index is 2.89. The molecule has 2 rings (SSSR count). The van der Waals surface area contributed by atoms with Gasteiger partial charge >= 0.3 is 0 Å². The molecule has 0 spiro atoms. The van der Waals surface area contributed by atoms with Crippen molar-refractivity contribution < 1.29 is 4.79 Å². The SMILES string of the molecule is Cc1ccc2ncc(C(N)=O)c(=O)n2c1. The van der Waals surface area contributed by atoms with E-state index in [0.717, 1.165) is 5.56 Å². The fraction of sp³-hybridized carbons (Fsp3) is 0.100. The molecule has 76 valence electrons. The summed E-state index contributed by atoms with van der Waals surface area (Å²) < 4.78 is 1.31. The van der Waals surface area contributed by atoms with Crippen LogP contribution in [-0.2, 0) is 0 Å². The molecule has 0 aliphatic rings. The first-order valence-corrected chi connectivity index (χ1v) is 4.37. The maximum atomic E-state index is 11.7. The first-order valence-electron chi connectivity index (χ1n) is 4.37. The van der Waals surface area contributed by atoms with Crippen LogP contribution >= 0.6 is 0 Å². The van der Waals surface area contributed by atoms with Crippen molar-refractivity contribution in [2.24, 2.45) is 5.73 Å². The lowest BCUT2D eigenvalue weighted by molar-refractivity contribution is 0.0998. The lowest BCUT2D eigenvalue weighted by Gasteiger charge is -2.02. The van der Waals surface area contributed by atoms with Crippen LogP contribution in [0.4, 0.5) is 0 Å². The predicted octanol–water partition coefficient (Wildman–Crippen LogP) is 0.102. The number of carbonyl (C=O) groups excluding carboxylic acids is 1. The zero-order chi connectivity index (χ0) is 11.0. The number of fused-ring (bicyclic) bond motifs is 1. The summed E-state index contributed by atoms with van der Waals surface area (Å²) in [5, 5.41) is 0. The van der Waals surface area contributed by atoms with E-state index in [-0.39, 0.29) is 5.56 Å². The minimum atomic E-state index is -0.761. The minimum absolute atomic E-state index is 0.0990. The van der Waals surface area contributed by atoms with E-state index in [4.69, 9.17) is 5.73 Å². The molecule has 0 saturated heterocycles. The Morgan fingerprint density at radius 1 is 1.47 bits per heavy atom. The van der Waals surface area contributed by atoms with Gasteiger partial charge in [0.15, 0.2) is 0 Å². The number of pyridine rings is 1. The fourth-order valence-electron chi connectivity index (χ4n) is 1.35. The Hall–Kier alpha value is -2.17. The van der Waals surface area contributed by atoms with Crippen molar-refractivity contribution in [1.82, 2.24) is 9.38 Å². The van der Waals surface area contributed by atoms with E-state index in [1.807, 2.05) is 13.0 Å². The van der Waals surface area contributed by atoms with Crippen LogP contribution in [0.2, 0.25) is 0 Å². The first kappa shape index (κ1) is 9.39. The highest BCUT2D eigenvalue weighted by Crippen LogP contribution is 2.01. The Kier molecular flexibility index (Phi) is 2.00. The molecule has 0 atom stereocenters. The highest BCUT2D eigenvalue weighted by Gasteiger charge is 2.09. The first-order chi connectivity index (χ1) is 7.09. The Labute approximate surface area is 85.2 Å². The van der Waals surface area contributed by atoms with Gasteiger partial charge in [-0.3, -0.25) is 14.0 Å². The molecule has 0 radical (unpaired) electrons. The molecule has 2 N–H and O–H groups in total. The predicted molar refractivity (Wildman–Crippen MR) is 54.7 cm³/mol. The summed E-state index contributed by atoms with van der Waals surface area (Å²) in [5.74, 6) is -0.761. The molecular weight excluding hydrogens is 194 g/mol. The van der Waals surface area contributed by atoms with Crippen LogP contribution in [0, 0.1) is 6.92 Å². The second-order valence-corrected chi connectivity index (χ2v) is 3.28. The average Bonchev–Trinajstić information content (AvgIpc) is 2.19. The third-order valence-electron chi connectivity index (χ3n) is 2.12. The van der Waals surface area contributed by atoms with Crippen molar-refractivity contribution in [2.45, 2.75) is 6.92 Å². The summed E-state index contributed by atoms with van der Waals surface area (Å²) in [6.45, 7) is 1.85. The van der Waals surface area contributed by atoms with Gasteiger partial charge in [-0.25, -0.2) is 4.98 Å². The standard InChI is InChI=1S/C10H9N3O2/c1-6-2-3-8-12-4-7(9(11)14)10(15)13(8)5-6/h2-5H,1H3,(H2,11,14). The smallest absolute Gasteiger partial charge is 0.270 e. The Morgan fingerprint density at radius 3 is 2.87 bits per heavy atom. The summed E-state index contributed by atoms with van der Waals surface area (Å²) in [4.78, 5) is 26.6. The van der Waals surface area contributed by atoms with Crippen LogP contribution in [0.5, 0.6) is 0 Å². The van der Waals surface area contributed by atoms with E-state index in [1.165, 1.54) is 10.6 Å². The summed E-state index contributed by atoms with van der Waals surface area (Å²) >= 11 is 0. The number of rotatable bonds is 1. The molecule has 0 unspecified atom stereocenters. The van der Waals surface area contributed by atoms with Gasteiger partial charge in [0.1, 0.15) is 11.2 Å². The monoisotopic (exact) mass is 203 g/mol. The number of nitrogens with zero attached hydrogens (tertiary/aromatic N) is 2. The van der Waals surface area contributed by atoms with Gasteiger partial charge in [-0.1, -0.05) is 6.07 Å². The zero-order valence-electron chi connectivity index (χ0n) is 8.10. The number of carbonyl (C=O) groups is 1. The number of aryl methyl sites for hydroxylation is 1. The summed E-state index contributed by atoms with van der Waals surface area (Å²) in [6, 6.07) is 3.55. The molecule has 0 bridgehead atoms. The van der Waals surface area contributed by atoms with Crippen molar-refractivity contribution in [3.8, 4) is 0 Å². The second-order valence-electron chi connectivity index (χ2n) is 3.28. The fourth-order valence-corrected chi connectivity index (χ4v) is 1.35. The summed E-state index contributed by atoms with van der Waals surface area (Å²) in [6.07, 6.45) is 2.83. The Bertz CT molecular complexity index is 601. The van der Waals surface area contributed by atoms with E-state index in [9.17, 15) is 9.59 Å². The van der Waals surface area contributed by atoms with E-state index in [1.54, 1.807) is 12.3 Å². The maximum absolute atomic E-state index is 11.7. The van der Waals surface area contributed by atoms with Crippen LogP contribution < -0.4 is 11.3 Å². The molecule has 2 aromatic heterocycles. The molecule has 0 aliphatic heterocycles. The number of hydrogen-bond donors (Lipinski definition) is 1. The van der Waals surface area contributed by atoms with Gasteiger partial charge < -0.3 is 5.73 Å². The number of amides is 1. The summed E-state index contributed by atoms with van der Waals surface area (Å²) in [7, 11) is 0. The van der Waals surface area contributed by atoms with Crippen LogP contribution in [0.15, 0.2) is 29.3 Å². The van der Waals surface area contributed by atoms with Crippen LogP contribution in [0.1, 0.15) is 15.9 Å². The van der Waals surface area contributed by atoms with E-state index < -0.39 is 11.5 Å². The van der Waals surface area contributed by atoms with Crippen molar-refractivity contribution >= 4 is 11.6 Å². The molecule has 2 heterocycles. The van der Waals surface area contributed by atoms with E-state index in [2.05, 4.69) is 4.98 Å². The molecule has 15 heavy (non-hydrogen) atoms. The lowest BCUT2D eigenvalue weighted by atomic mass is 10.3. The third kappa shape index (κ3) is 1.48. The molecule has 0 fully saturated rings. The third-order valence-corrected chi connectivity index (χ3v) is 2.12. The van der Waals surface area contributed by atoms with Crippen LogP contribution in [-0.4, -0.2) is 15.3 Å². The van der Waals surface area contributed by atoms with Crippen molar-refractivity contribution in [3.63, 3.8) is 0 Å². The molecule has 5 heteroatoms. The number of aromatic nitrogens is 2. The highest BCUT2D eigenvalue weighted by molar-refractivity contribution is 5.92. The number of hydrogen-bond acceptors (Lipinski definition) is 3. The van der Waals surface area contributed by atoms with Gasteiger partial charge in [-0.05, 0) is 18.6 Å². The molecule has 0 aliphatic carbocycles. The van der Waals surface area contributed by atoms with Crippen molar-refractivity contribution in [3.05, 3.63) is 46.0 Å². The zero-order valence-corrected chi connectivity index (χ0v) is 8.10. The van der Waals surface area contributed by atoms with Gasteiger partial charge in [-0.2, -0.15) is 0 Å². The van der Waals surface area contributed by atoms with Crippen LogP contribution in [0.3, 0.4) is 0 Å². The van der Waals surface area contributed by atoms with Crippen molar-refractivity contribution in [2.75, 3.05) is 0 Å². The second kappa shape index (κ2) is 3.20. The van der Waals surface area contributed by atoms with Gasteiger partial charge in [0.25, 0.3) is 11.5 Å². The summed E-state index contributed by atoms with van der Waals surface area (Å²) in [5.41, 5.74) is 5.92.